The van der Waals surface area contributed by atoms with Crippen molar-refractivity contribution in [3.05, 3.63) is 0 Å². The summed E-state index contributed by atoms with van der Waals surface area (Å²) in [7, 11) is 1.62. The third kappa shape index (κ3) is 4.15. The van der Waals surface area contributed by atoms with Crippen molar-refractivity contribution in [2.45, 2.75) is 18.9 Å². The van der Waals surface area contributed by atoms with Gasteiger partial charge in [-0.05, 0) is 19.4 Å². The number of amides is 1. The van der Waals surface area contributed by atoms with Crippen LogP contribution in [0.25, 0.3) is 0 Å². The first-order valence-electron chi connectivity index (χ1n) is 5.49. The topological polar surface area (TPSA) is 67.6 Å². The Kier molecular flexibility index (Phi) is 5.60. The number of methoxy groups -OCH3 is 1. The third-order valence-corrected chi connectivity index (χ3v) is 2.60. The van der Waals surface area contributed by atoms with Crippen LogP contribution in [0.5, 0.6) is 0 Å². The largest absolute Gasteiger partial charge is 0.385 e. The maximum atomic E-state index is 11.9. The summed E-state index contributed by atoms with van der Waals surface area (Å²) in [6.45, 7) is 3.96. The first-order chi connectivity index (χ1) is 7.25. The lowest BCUT2D eigenvalue weighted by atomic mass is 10.2. The summed E-state index contributed by atoms with van der Waals surface area (Å²) in [6.07, 6.45) is 1.60. The molecule has 0 aromatic carbocycles. The van der Waals surface area contributed by atoms with Gasteiger partial charge in [0.1, 0.15) is 0 Å². The molecule has 1 rings (SSSR count). The van der Waals surface area contributed by atoms with Crippen molar-refractivity contribution in [2.24, 2.45) is 5.73 Å². The summed E-state index contributed by atoms with van der Waals surface area (Å²) in [6, 6.07) is -0.414. The van der Waals surface area contributed by atoms with Crippen LogP contribution in [0.2, 0.25) is 0 Å². The SMILES string of the molecule is COCCC(N)C(=O)N1CCCNCC1. The lowest BCUT2D eigenvalue weighted by molar-refractivity contribution is -0.132. The Morgan fingerprint density at radius 1 is 1.53 bits per heavy atom. The molecule has 5 nitrogen and oxygen atoms in total. The summed E-state index contributed by atoms with van der Waals surface area (Å²) in [4.78, 5) is 13.7. The molecule has 1 heterocycles. The van der Waals surface area contributed by atoms with Crippen molar-refractivity contribution in [3.63, 3.8) is 0 Å². The molecule has 1 amide bonds. The van der Waals surface area contributed by atoms with Gasteiger partial charge in [-0.2, -0.15) is 0 Å². The molecule has 1 aliphatic rings. The molecule has 0 bridgehead atoms. The average Bonchev–Trinajstić information content (AvgIpc) is 2.53. The Balaban J connectivity index is 2.35. The molecule has 0 aromatic rings. The number of ether oxygens (including phenoxy) is 1. The van der Waals surface area contributed by atoms with E-state index in [0.29, 0.717) is 13.0 Å². The van der Waals surface area contributed by atoms with Crippen LogP contribution in [0.4, 0.5) is 0 Å². The van der Waals surface area contributed by atoms with Crippen molar-refractivity contribution < 1.29 is 9.53 Å². The Labute approximate surface area is 90.9 Å². The van der Waals surface area contributed by atoms with E-state index in [1.165, 1.54) is 0 Å². The van der Waals surface area contributed by atoms with E-state index in [1.807, 2.05) is 4.90 Å². The van der Waals surface area contributed by atoms with Crippen LogP contribution >= 0.6 is 0 Å². The molecule has 0 spiro atoms. The Bertz CT molecular complexity index is 191. The Morgan fingerprint density at radius 3 is 3.07 bits per heavy atom. The van der Waals surface area contributed by atoms with Crippen LogP contribution < -0.4 is 11.1 Å². The van der Waals surface area contributed by atoms with Gasteiger partial charge >= 0.3 is 0 Å². The number of carbonyl (C=O) groups excluding carboxylic acids is 1. The summed E-state index contributed by atoms with van der Waals surface area (Å²) < 4.78 is 4.91. The second kappa shape index (κ2) is 6.76. The van der Waals surface area contributed by atoms with E-state index in [2.05, 4.69) is 5.32 Å². The van der Waals surface area contributed by atoms with Crippen LogP contribution in [0.1, 0.15) is 12.8 Å². The third-order valence-electron chi connectivity index (χ3n) is 2.60. The average molecular weight is 215 g/mol. The smallest absolute Gasteiger partial charge is 0.239 e. The highest BCUT2D eigenvalue weighted by Crippen LogP contribution is 2.01. The predicted molar refractivity (Wildman–Crippen MR) is 58.5 cm³/mol. The van der Waals surface area contributed by atoms with Gasteiger partial charge in [-0.25, -0.2) is 0 Å². The summed E-state index contributed by atoms with van der Waals surface area (Å²) in [5, 5.41) is 3.25. The normalized spacial score (nSPS) is 19.7. The fourth-order valence-electron chi connectivity index (χ4n) is 1.67. The van der Waals surface area contributed by atoms with E-state index in [0.717, 1.165) is 32.6 Å². The van der Waals surface area contributed by atoms with Crippen molar-refractivity contribution in [3.8, 4) is 0 Å². The van der Waals surface area contributed by atoms with Gasteiger partial charge in [-0.15, -0.1) is 0 Å². The molecule has 1 aliphatic heterocycles. The number of nitrogens with zero attached hydrogens (tertiary/aromatic N) is 1. The molecule has 1 saturated heterocycles. The highest BCUT2D eigenvalue weighted by molar-refractivity contribution is 5.81. The molecule has 1 fully saturated rings. The number of rotatable bonds is 4. The second-order valence-electron chi connectivity index (χ2n) is 3.82. The zero-order valence-electron chi connectivity index (χ0n) is 9.37. The van der Waals surface area contributed by atoms with Gasteiger partial charge in [-0.3, -0.25) is 4.79 Å². The molecule has 0 radical (unpaired) electrons. The van der Waals surface area contributed by atoms with Crippen LogP contribution in [0, 0.1) is 0 Å². The quantitative estimate of drug-likeness (QED) is 0.642. The second-order valence-corrected chi connectivity index (χ2v) is 3.82. The maximum Gasteiger partial charge on any atom is 0.239 e. The Morgan fingerprint density at radius 2 is 2.33 bits per heavy atom. The number of nitrogens with one attached hydrogen (secondary N) is 1. The molecule has 1 atom stereocenters. The minimum Gasteiger partial charge on any atom is -0.385 e. The minimum atomic E-state index is -0.414. The molecular weight excluding hydrogens is 194 g/mol. The van der Waals surface area contributed by atoms with Gasteiger partial charge in [0.2, 0.25) is 5.91 Å². The summed E-state index contributed by atoms with van der Waals surface area (Å²) >= 11 is 0. The molecule has 3 N–H and O–H groups in total. The lowest BCUT2D eigenvalue weighted by Gasteiger charge is -2.23. The van der Waals surface area contributed by atoms with Gasteiger partial charge in [0.25, 0.3) is 0 Å². The molecule has 15 heavy (non-hydrogen) atoms. The van der Waals surface area contributed by atoms with Crippen LogP contribution in [-0.4, -0.2) is 56.7 Å². The molecule has 5 heteroatoms. The Hall–Kier alpha value is -0.650. The van der Waals surface area contributed by atoms with Gasteiger partial charge in [0, 0.05) is 33.4 Å². The van der Waals surface area contributed by atoms with E-state index < -0.39 is 6.04 Å². The fraction of sp³-hybridized carbons (Fsp3) is 0.900. The summed E-state index contributed by atoms with van der Waals surface area (Å²) in [5.41, 5.74) is 5.79. The number of carbonyl (C=O) groups is 1. The predicted octanol–water partition coefficient (Wildman–Crippen LogP) is -0.828. The zero-order chi connectivity index (χ0) is 11.1. The lowest BCUT2D eigenvalue weighted by Crippen LogP contribution is -2.45. The molecular formula is C10H21N3O2. The molecule has 1 unspecified atom stereocenters. The standard InChI is InChI=1S/C10H21N3O2/c1-15-8-3-9(11)10(14)13-6-2-4-12-5-7-13/h9,12H,2-8,11H2,1H3. The summed E-state index contributed by atoms with van der Waals surface area (Å²) in [5.74, 6) is 0.0516. The molecule has 0 aliphatic carbocycles. The van der Waals surface area contributed by atoms with Gasteiger partial charge < -0.3 is 20.7 Å². The van der Waals surface area contributed by atoms with Crippen molar-refractivity contribution in [1.82, 2.24) is 10.2 Å². The van der Waals surface area contributed by atoms with Crippen LogP contribution in [0.3, 0.4) is 0 Å². The molecule has 0 aromatic heterocycles. The van der Waals surface area contributed by atoms with E-state index >= 15 is 0 Å². The van der Waals surface area contributed by atoms with Gasteiger partial charge in [-0.1, -0.05) is 0 Å². The number of nitrogens with two attached hydrogens (primary N) is 1. The van der Waals surface area contributed by atoms with Crippen molar-refractivity contribution >= 4 is 5.91 Å². The monoisotopic (exact) mass is 215 g/mol. The first-order valence-corrected chi connectivity index (χ1v) is 5.49. The minimum absolute atomic E-state index is 0.0516. The van der Waals surface area contributed by atoms with E-state index in [1.54, 1.807) is 7.11 Å². The van der Waals surface area contributed by atoms with Crippen molar-refractivity contribution in [1.29, 1.82) is 0 Å². The number of hydrogen-bond donors (Lipinski definition) is 2. The molecule has 0 saturated carbocycles. The maximum absolute atomic E-state index is 11.9. The van der Waals surface area contributed by atoms with Crippen molar-refractivity contribution in [2.75, 3.05) is 39.9 Å². The van der Waals surface area contributed by atoms with E-state index in [9.17, 15) is 4.79 Å². The zero-order valence-corrected chi connectivity index (χ0v) is 9.37. The van der Waals surface area contributed by atoms with E-state index in [4.69, 9.17) is 10.5 Å². The van der Waals surface area contributed by atoms with E-state index in [-0.39, 0.29) is 5.91 Å². The fourth-order valence-corrected chi connectivity index (χ4v) is 1.67. The molecule has 88 valence electrons. The van der Waals surface area contributed by atoms with Crippen LogP contribution in [-0.2, 0) is 9.53 Å². The first kappa shape index (κ1) is 12.4. The van der Waals surface area contributed by atoms with Gasteiger partial charge in [0.15, 0.2) is 0 Å². The van der Waals surface area contributed by atoms with Crippen LogP contribution in [0.15, 0.2) is 0 Å². The highest BCUT2D eigenvalue weighted by Gasteiger charge is 2.21. The number of hydrogen-bond acceptors (Lipinski definition) is 4. The van der Waals surface area contributed by atoms with Gasteiger partial charge in [0.05, 0.1) is 6.04 Å². The highest BCUT2D eigenvalue weighted by atomic mass is 16.5.